The van der Waals surface area contributed by atoms with Crippen LogP contribution in [0.15, 0.2) is 42.5 Å². The van der Waals surface area contributed by atoms with E-state index in [0.717, 1.165) is 5.56 Å². The molecular weight excluding hydrogens is 466 g/mol. The van der Waals surface area contributed by atoms with Crippen molar-refractivity contribution in [3.63, 3.8) is 0 Å². The Kier molecular flexibility index (Phi) is 11.6. The van der Waals surface area contributed by atoms with Crippen molar-refractivity contribution in [1.29, 1.82) is 5.41 Å². The average molecular weight is 496 g/mol. The van der Waals surface area contributed by atoms with Crippen molar-refractivity contribution in [2.45, 2.75) is 18.7 Å². The molecular formula is C22H30ClN5O6. The number of amides is 2. The first-order valence-electron chi connectivity index (χ1n) is 10.0. The van der Waals surface area contributed by atoms with Crippen molar-refractivity contribution < 1.29 is 29.3 Å². The summed E-state index contributed by atoms with van der Waals surface area (Å²) in [5.41, 5.74) is 7.08. The highest BCUT2D eigenvalue weighted by Crippen LogP contribution is 2.27. The number of halogens is 1. The second-order valence-corrected chi connectivity index (χ2v) is 7.05. The predicted octanol–water partition coefficient (Wildman–Crippen LogP) is -0.0240. The molecule has 2 amide bonds. The fraction of sp³-hybridized carbons (Fsp3) is 0.318. The van der Waals surface area contributed by atoms with Gasteiger partial charge in [-0.15, -0.1) is 12.4 Å². The Labute approximate surface area is 203 Å². The van der Waals surface area contributed by atoms with Crippen molar-refractivity contribution in [2.75, 3.05) is 32.7 Å². The Bertz CT molecular complexity index is 990. The second-order valence-electron chi connectivity index (χ2n) is 7.05. The van der Waals surface area contributed by atoms with Gasteiger partial charge in [0.15, 0.2) is 11.5 Å². The highest BCUT2D eigenvalue weighted by atomic mass is 35.5. The van der Waals surface area contributed by atoms with Crippen molar-refractivity contribution >= 4 is 35.7 Å². The van der Waals surface area contributed by atoms with Crippen LogP contribution in [0.1, 0.15) is 11.1 Å². The summed E-state index contributed by atoms with van der Waals surface area (Å²) in [6, 6.07) is 10.4. The summed E-state index contributed by atoms with van der Waals surface area (Å²) in [6.45, 7) is -0.813. The number of amidine groups is 1. The van der Waals surface area contributed by atoms with Crippen LogP contribution in [0, 0.1) is 5.41 Å². The third kappa shape index (κ3) is 8.10. The number of hydrogen-bond acceptors (Lipinski definition) is 8. The number of aliphatic hydroxyl groups is 2. The van der Waals surface area contributed by atoms with Crippen molar-refractivity contribution in [3.05, 3.63) is 53.6 Å². The van der Waals surface area contributed by atoms with Crippen molar-refractivity contribution in [3.8, 4) is 11.5 Å². The number of benzene rings is 2. The quantitative estimate of drug-likeness (QED) is 0.158. The van der Waals surface area contributed by atoms with Gasteiger partial charge in [-0.1, -0.05) is 18.2 Å². The van der Waals surface area contributed by atoms with Crippen LogP contribution in [0.5, 0.6) is 11.5 Å². The van der Waals surface area contributed by atoms with Gasteiger partial charge in [-0.25, -0.2) is 0 Å². The number of hydrogen-bond donors (Lipinski definition) is 7. The summed E-state index contributed by atoms with van der Waals surface area (Å²) in [6.07, 6.45) is -1.43. The van der Waals surface area contributed by atoms with E-state index in [-0.39, 0.29) is 31.3 Å². The first-order valence-corrected chi connectivity index (χ1v) is 10.0. The standard InChI is InChI=1S/C22H29N5O6.ClH/c1-32-17-7-6-13(8-18(17)33-2)10-25-19(30)11-26-22(31)20(16(29)12-28)27-15-5-3-4-14(9-15)21(23)24;/h3-9,16,20,27-29H,10-12H2,1-2H3,(H3,23,24)(H,25,30)(H,26,31);1H. The van der Waals surface area contributed by atoms with E-state index in [1.165, 1.54) is 20.3 Å². The Morgan fingerprint density at radius 2 is 1.79 bits per heavy atom. The number of nitrogen functional groups attached to an aromatic ring is 1. The number of ether oxygens (including phenoxy) is 2. The summed E-state index contributed by atoms with van der Waals surface area (Å²) in [4.78, 5) is 24.8. The lowest BCUT2D eigenvalue weighted by Crippen LogP contribution is -2.50. The number of rotatable bonds is 12. The lowest BCUT2D eigenvalue weighted by molar-refractivity contribution is -0.128. The van der Waals surface area contributed by atoms with Gasteiger partial charge < -0.3 is 41.4 Å². The molecule has 2 unspecified atom stereocenters. The molecule has 0 aliphatic heterocycles. The van der Waals surface area contributed by atoms with Crippen LogP contribution < -0.4 is 31.2 Å². The van der Waals surface area contributed by atoms with E-state index in [1.54, 1.807) is 36.4 Å². The maximum absolute atomic E-state index is 12.6. The first kappa shape index (κ1) is 28.5. The molecule has 0 saturated carbocycles. The van der Waals surface area contributed by atoms with E-state index in [1.807, 2.05) is 0 Å². The highest BCUT2D eigenvalue weighted by Gasteiger charge is 2.26. The van der Waals surface area contributed by atoms with Gasteiger partial charge in [0.25, 0.3) is 0 Å². The van der Waals surface area contributed by atoms with Gasteiger partial charge in [-0.3, -0.25) is 15.0 Å². The fourth-order valence-electron chi connectivity index (χ4n) is 2.93. The molecule has 0 spiro atoms. The van der Waals surface area contributed by atoms with Gasteiger partial charge in [0.2, 0.25) is 11.8 Å². The number of anilines is 1. The summed E-state index contributed by atoms with van der Waals surface area (Å²) in [5, 5.41) is 34.8. The van der Waals surface area contributed by atoms with E-state index in [0.29, 0.717) is 22.7 Å². The molecule has 0 aliphatic rings. The van der Waals surface area contributed by atoms with Gasteiger partial charge in [0.05, 0.1) is 27.4 Å². The van der Waals surface area contributed by atoms with Crippen molar-refractivity contribution in [2.24, 2.45) is 5.73 Å². The summed E-state index contributed by atoms with van der Waals surface area (Å²) in [5.74, 6) is -0.207. The Morgan fingerprint density at radius 1 is 1.09 bits per heavy atom. The largest absolute Gasteiger partial charge is 0.493 e. The third-order valence-corrected chi connectivity index (χ3v) is 4.71. The molecule has 0 heterocycles. The normalized spacial score (nSPS) is 11.9. The number of aliphatic hydroxyl groups excluding tert-OH is 2. The fourth-order valence-corrected chi connectivity index (χ4v) is 2.93. The Balaban J connectivity index is 0.00000578. The van der Waals surface area contributed by atoms with Gasteiger partial charge >= 0.3 is 0 Å². The summed E-state index contributed by atoms with van der Waals surface area (Å²) in [7, 11) is 3.04. The van der Waals surface area contributed by atoms with Crippen molar-refractivity contribution in [1.82, 2.24) is 10.6 Å². The number of nitrogens with one attached hydrogen (secondary N) is 4. The zero-order valence-corrected chi connectivity index (χ0v) is 19.6. The molecule has 186 valence electrons. The van der Waals surface area contributed by atoms with E-state index in [4.69, 9.17) is 20.6 Å². The smallest absolute Gasteiger partial charge is 0.245 e. The molecule has 2 atom stereocenters. The Morgan fingerprint density at radius 3 is 2.41 bits per heavy atom. The molecule has 0 radical (unpaired) electrons. The molecule has 0 aromatic heterocycles. The van der Waals surface area contributed by atoms with Crippen LogP contribution in [0.2, 0.25) is 0 Å². The number of nitrogens with two attached hydrogens (primary N) is 1. The maximum atomic E-state index is 12.6. The predicted molar refractivity (Wildman–Crippen MR) is 130 cm³/mol. The van der Waals surface area contributed by atoms with Gasteiger partial charge in [-0.2, -0.15) is 0 Å². The summed E-state index contributed by atoms with van der Waals surface area (Å²) >= 11 is 0. The van der Waals surface area contributed by atoms with E-state index < -0.39 is 30.6 Å². The van der Waals surface area contributed by atoms with Crippen LogP contribution in [0.4, 0.5) is 5.69 Å². The lowest BCUT2D eigenvalue weighted by Gasteiger charge is -2.23. The first-order chi connectivity index (χ1) is 15.8. The molecule has 2 aromatic carbocycles. The molecule has 2 rings (SSSR count). The van der Waals surface area contributed by atoms with E-state index in [2.05, 4.69) is 16.0 Å². The molecule has 2 aromatic rings. The molecule has 8 N–H and O–H groups in total. The van der Waals surface area contributed by atoms with E-state index >= 15 is 0 Å². The van der Waals surface area contributed by atoms with Crippen LogP contribution in [0.25, 0.3) is 0 Å². The minimum atomic E-state index is -1.43. The zero-order valence-electron chi connectivity index (χ0n) is 18.8. The molecule has 34 heavy (non-hydrogen) atoms. The number of carbonyl (C=O) groups excluding carboxylic acids is 2. The highest BCUT2D eigenvalue weighted by molar-refractivity contribution is 5.96. The molecule has 0 bridgehead atoms. The zero-order chi connectivity index (χ0) is 24.4. The Hall–Kier alpha value is -3.54. The van der Waals surface area contributed by atoms with Crippen LogP contribution >= 0.6 is 12.4 Å². The summed E-state index contributed by atoms with van der Waals surface area (Å²) < 4.78 is 10.4. The molecule has 12 heteroatoms. The monoisotopic (exact) mass is 495 g/mol. The molecule has 0 saturated heterocycles. The maximum Gasteiger partial charge on any atom is 0.245 e. The minimum Gasteiger partial charge on any atom is -0.493 e. The molecule has 0 aliphatic carbocycles. The third-order valence-electron chi connectivity index (χ3n) is 4.71. The van der Waals surface area contributed by atoms with Crippen LogP contribution in [0.3, 0.4) is 0 Å². The van der Waals surface area contributed by atoms with Crippen LogP contribution in [-0.4, -0.2) is 67.4 Å². The topological polar surface area (TPSA) is 179 Å². The molecule has 11 nitrogen and oxygen atoms in total. The number of carbonyl (C=O) groups is 2. The number of methoxy groups -OCH3 is 2. The second kappa shape index (κ2) is 13.9. The van der Waals surface area contributed by atoms with Gasteiger partial charge in [0, 0.05) is 17.8 Å². The average Bonchev–Trinajstić information content (AvgIpc) is 2.83. The van der Waals surface area contributed by atoms with E-state index in [9.17, 15) is 19.8 Å². The minimum absolute atomic E-state index is 0. The lowest BCUT2D eigenvalue weighted by atomic mass is 10.1. The van der Waals surface area contributed by atoms with Gasteiger partial charge in [-0.05, 0) is 29.8 Å². The molecule has 0 fully saturated rings. The van der Waals surface area contributed by atoms with Crippen LogP contribution in [-0.2, 0) is 16.1 Å². The van der Waals surface area contributed by atoms with Gasteiger partial charge in [0.1, 0.15) is 18.0 Å². The SMILES string of the molecule is COc1ccc(CNC(=O)CNC(=O)C(Nc2cccc(C(=N)N)c2)C(O)CO)cc1OC.Cl.